The van der Waals surface area contributed by atoms with Crippen LogP contribution in [-0.4, -0.2) is 23.5 Å². The van der Waals surface area contributed by atoms with Gasteiger partial charge in [-0.15, -0.1) is 0 Å². The molecule has 1 N–H and O–H groups in total. The van der Waals surface area contributed by atoms with E-state index in [2.05, 4.69) is 9.89 Å². The first kappa shape index (κ1) is 11.3. The standard InChI is InChI=1S/C9H14ClNO3/c1-14-9(12)7-4-2-6(3-5-7)8(10)11-13/h6-7,13H,2-5H2,1H3/t6-,7-. The summed E-state index contributed by atoms with van der Waals surface area (Å²) in [7, 11) is 1.40. The number of hydrogen-bond acceptors (Lipinski definition) is 4. The summed E-state index contributed by atoms with van der Waals surface area (Å²) in [6.07, 6.45) is 3.07. The highest BCUT2D eigenvalue weighted by atomic mass is 35.5. The molecule has 0 aromatic carbocycles. The fraction of sp³-hybridized carbons (Fsp3) is 0.778. The molecule has 0 heterocycles. The molecule has 4 nitrogen and oxygen atoms in total. The van der Waals surface area contributed by atoms with Crippen LogP contribution >= 0.6 is 11.6 Å². The maximum atomic E-state index is 11.2. The van der Waals surface area contributed by atoms with Gasteiger partial charge in [-0.2, -0.15) is 0 Å². The molecule has 14 heavy (non-hydrogen) atoms. The Morgan fingerprint density at radius 2 is 1.86 bits per heavy atom. The summed E-state index contributed by atoms with van der Waals surface area (Å²) < 4.78 is 4.66. The van der Waals surface area contributed by atoms with E-state index in [4.69, 9.17) is 16.8 Å². The molecular formula is C9H14ClNO3. The Labute approximate surface area is 87.9 Å². The Kier molecular flexibility index (Phi) is 4.20. The zero-order valence-electron chi connectivity index (χ0n) is 8.07. The van der Waals surface area contributed by atoms with Crippen LogP contribution in [-0.2, 0) is 9.53 Å². The lowest BCUT2D eigenvalue weighted by atomic mass is 9.82. The van der Waals surface area contributed by atoms with Crippen molar-refractivity contribution in [3.05, 3.63) is 0 Å². The third kappa shape index (κ3) is 2.61. The predicted octanol–water partition coefficient (Wildman–Crippen LogP) is 1.99. The van der Waals surface area contributed by atoms with Gasteiger partial charge >= 0.3 is 5.97 Å². The van der Waals surface area contributed by atoms with Crippen molar-refractivity contribution in [2.24, 2.45) is 17.0 Å². The number of hydrogen-bond donors (Lipinski definition) is 1. The molecule has 0 atom stereocenters. The highest BCUT2D eigenvalue weighted by molar-refractivity contribution is 6.65. The van der Waals surface area contributed by atoms with Gasteiger partial charge in [-0.05, 0) is 25.7 Å². The molecule has 1 aliphatic rings. The van der Waals surface area contributed by atoms with Crippen LogP contribution in [0.2, 0.25) is 0 Å². The summed E-state index contributed by atoms with van der Waals surface area (Å²) in [5, 5.41) is 11.7. The molecule has 0 spiro atoms. The van der Waals surface area contributed by atoms with Gasteiger partial charge in [-0.1, -0.05) is 16.8 Å². The maximum Gasteiger partial charge on any atom is 0.308 e. The largest absolute Gasteiger partial charge is 0.469 e. The number of esters is 1. The number of nitrogens with zero attached hydrogens (tertiary/aromatic N) is 1. The molecule has 0 aromatic rings. The Morgan fingerprint density at radius 3 is 2.29 bits per heavy atom. The molecule has 1 aliphatic carbocycles. The van der Waals surface area contributed by atoms with E-state index >= 15 is 0 Å². The van der Waals surface area contributed by atoms with Crippen molar-refractivity contribution in [2.45, 2.75) is 25.7 Å². The number of halogens is 1. The van der Waals surface area contributed by atoms with Crippen LogP contribution in [0, 0.1) is 11.8 Å². The number of methoxy groups -OCH3 is 1. The summed E-state index contributed by atoms with van der Waals surface area (Å²) in [6.45, 7) is 0. The van der Waals surface area contributed by atoms with Crippen LogP contribution in [0.1, 0.15) is 25.7 Å². The molecular weight excluding hydrogens is 206 g/mol. The van der Waals surface area contributed by atoms with Crippen LogP contribution in [0.5, 0.6) is 0 Å². The van der Waals surface area contributed by atoms with E-state index < -0.39 is 0 Å². The Morgan fingerprint density at radius 1 is 1.36 bits per heavy atom. The molecule has 80 valence electrons. The third-order valence-corrected chi connectivity index (χ3v) is 3.08. The van der Waals surface area contributed by atoms with Crippen molar-refractivity contribution in [3.8, 4) is 0 Å². The average Bonchev–Trinajstić information content (AvgIpc) is 2.27. The number of ether oxygens (including phenoxy) is 1. The minimum Gasteiger partial charge on any atom is -0.469 e. The number of carbonyl (C=O) groups is 1. The minimum absolute atomic E-state index is 0.0144. The van der Waals surface area contributed by atoms with Crippen molar-refractivity contribution in [3.63, 3.8) is 0 Å². The van der Waals surface area contributed by atoms with Crippen molar-refractivity contribution >= 4 is 22.7 Å². The van der Waals surface area contributed by atoms with E-state index in [1.807, 2.05) is 0 Å². The molecule has 1 rings (SSSR count). The van der Waals surface area contributed by atoms with Gasteiger partial charge < -0.3 is 9.94 Å². The second kappa shape index (κ2) is 5.20. The highest BCUT2D eigenvalue weighted by Gasteiger charge is 2.28. The second-order valence-corrected chi connectivity index (χ2v) is 3.88. The first-order valence-electron chi connectivity index (χ1n) is 4.64. The fourth-order valence-electron chi connectivity index (χ4n) is 1.82. The van der Waals surface area contributed by atoms with Crippen LogP contribution in [0.15, 0.2) is 5.16 Å². The maximum absolute atomic E-state index is 11.2. The summed E-state index contributed by atoms with van der Waals surface area (Å²) in [6, 6.07) is 0. The zero-order chi connectivity index (χ0) is 10.6. The summed E-state index contributed by atoms with van der Waals surface area (Å²) in [5.41, 5.74) is 0. The Balaban J connectivity index is 2.42. The van der Waals surface area contributed by atoms with Crippen LogP contribution < -0.4 is 0 Å². The fourth-order valence-corrected chi connectivity index (χ4v) is 2.03. The van der Waals surface area contributed by atoms with Gasteiger partial charge in [-0.3, -0.25) is 4.79 Å². The van der Waals surface area contributed by atoms with Gasteiger partial charge in [0.1, 0.15) is 5.17 Å². The summed E-state index contributed by atoms with van der Waals surface area (Å²) in [5.74, 6) is -0.0671. The van der Waals surface area contributed by atoms with Crippen LogP contribution in [0.4, 0.5) is 0 Å². The predicted molar refractivity (Wildman–Crippen MR) is 52.5 cm³/mol. The number of oxime groups is 1. The van der Waals surface area contributed by atoms with Gasteiger partial charge in [0.2, 0.25) is 0 Å². The smallest absolute Gasteiger partial charge is 0.308 e. The molecule has 5 heteroatoms. The first-order chi connectivity index (χ1) is 6.69. The zero-order valence-corrected chi connectivity index (χ0v) is 8.83. The van der Waals surface area contributed by atoms with Gasteiger partial charge in [0.15, 0.2) is 0 Å². The number of carbonyl (C=O) groups excluding carboxylic acids is 1. The lowest BCUT2D eigenvalue weighted by molar-refractivity contribution is -0.146. The Bertz CT molecular complexity index is 234. The molecule has 0 saturated heterocycles. The van der Waals surface area contributed by atoms with Crippen molar-refractivity contribution in [1.29, 1.82) is 0 Å². The van der Waals surface area contributed by atoms with Gasteiger partial charge in [0.05, 0.1) is 13.0 Å². The Hall–Kier alpha value is -0.770. The van der Waals surface area contributed by atoms with Crippen molar-refractivity contribution < 1.29 is 14.7 Å². The lowest BCUT2D eigenvalue weighted by Crippen LogP contribution is -2.25. The van der Waals surface area contributed by atoms with Gasteiger partial charge in [0, 0.05) is 5.92 Å². The first-order valence-corrected chi connectivity index (χ1v) is 5.02. The molecule has 1 fully saturated rings. The quantitative estimate of drug-likeness (QED) is 0.334. The average molecular weight is 220 g/mol. The van der Waals surface area contributed by atoms with E-state index in [0.29, 0.717) is 0 Å². The third-order valence-electron chi connectivity index (χ3n) is 2.69. The van der Waals surface area contributed by atoms with E-state index in [0.717, 1.165) is 25.7 Å². The normalized spacial score (nSPS) is 28.6. The molecule has 0 aliphatic heterocycles. The molecule has 0 aromatic heterocycles. The van der Waals surface area contributed by atoms with Gasteiger partial charge in [-0.25, -0.2) is 0 Å². The van der Waals surface area contributed by atoms with Crippen LogP contribution in [0.25, 0.3) is 0 Å². The molecule has 0 radical (unpaired) electrons. The molecule has 0 bridgehead atoms. The van der Waals surface area contributed by atoms with Crippen molar-refractivity contribution in [2.75, 3.05) is 7.11 Å². The monoisotopic (exact) mass is 219 g/mol. The van der Waals surface area contributed by atoms with E-state index in [1.165, 1.54) is 7.11 Å². The van der Waals surface area contributed by atoms with Crippen molar-refractivity contribution in [1.82, 2.24) is 0 Å². The highest BCUT2D eigenvalue weighted by Crippen LogP contribution is 2.31. The summed E-state index contributed by atoms with van der Waals surface area (Å²) in [4.78, 5) is 11.2. The minimum atomic E-state index is -0.152. The second-order valence-electron chi connectivity index (χ2n) is 3.49. The SMILES string of the molecule is COC(=O)[C@H]1CC[C@H](C(Cl)=NO)CC1. The lowest BCUT2D eigenvalue weighted by Gasteiger charge is -2.25. The van der Waals surface area contributed by atoms with E-state index in [9.17, 15) is 4.79 Å². The van der Waals surface area contributed by atoms with Gasteiger partial charge in [0.25, 0.3) is 0 Å². The molecule has 0 unspecified atom stereocenters. The van der Waals surface area contributed by atoms with Crippen LogP contribution in [0.3, 0.4) is 0 Å². The molecule has 1 saturated carbocycles. The van der Waals surface area contributed by atoms with E-state index in [-0.39, 0.29) is 23.0 Å². The topological polar surface area (TPSA) is 58.9 Å². The molecule has 0 amide bonds. The van der Waals surface area contributed by atoms with E-state index in [1.54, 1.807) is 0 Å². The summed E-state index contributed by atoms with van der Waals surface area (Å²) >= 11 is 5.69. The number of rotatable bonds is 2.